The maximum absolute atomic E-state index is 12.2. The molecule has 1 N–H and O–H groups in total. The van der Waals surface area contributed by atoms with Crippen molar-refractivity contribution in [1.82, 2.24) is 0 Å². The lowest BCUT2D eigenvalue weighted by atomic mass is 10.0. The van der Waals surface area contributed by atoms with Crippen molar-refractivity contribution in [3.05, 3.63) is 24.3 Å². The predicted molar refractivity (Wildman–Crippen MR) is 256 cm³/mol. The summed E-state index contributed by atoms with van der Waals surface area (Å²) in [4.78, 5) is 24.4. The van der Waals surface area contributed by atoms with Crippen LogP contribution in [0.2, 0.25) is 0 Å². The quantitative estimate of drug-likeness (QED) is 0.0376. The van der Waals surface area contributed by atoms with E-state index in [1.807, 2.05) is 0 Å². The van der Waals surface area contributed by atoms with Crippen molar-refractivity contribution in [2.45, 2.75) is 296 Å². The Labute approximate surface area is 368 Å². The molecule has 1 atom stereocenters. The van der Waals surface area contributed by atoms with Crippen LogP contribution >= 0.6 is 0 Å². The van der Waals surface area contributed by atoms with Gasteiger partial charge in [0.1, 0.15) is 6.61 Å². The van der Waals surface area contributed by atoms with Crippen molar-refractivity contribution in [3.8, 4) is 0 Å². The molecule has 0 aromatic heterocycles. The number of carbonyl (C=O) groups excluding carboxylic acids is 2. The van der Waals surface area contributed by atoms with Gasteiger partial charge in [-0.25, -0.2) is 0 Å². The van der Waals surface area contributed by atoms with Gasteiger partial charge in [-0.3, -0.25) is 9.59 Å². The third kappa shape index (κ3) is 48.9. The van der Waals surface area contributed by atoms with E-state index in [2.05, 4.69) is 38.2 Å². The molecule has 1 unspecified atom stereocenters. The van der Waals surface area contributed by atoms with Gasteiger partial charge in [0.05, 0.1) is 6.61 Å². The average molecular weight is 831 g/mol. The molecule has 5 heteroatoms. The van der Waals surface area contributed by atoms with Crippen molar-refractivity contribution in [2.24, 2.45) is 0 Å². The molecule has 0 bridgehead atoms. The van der Waals surface area contributed by atoms with E-state index in [1.54, 1.807) is 0 Å². The molecule has 0 aromatic rings. The van der Waals surface area contributed by atoms with E-state index >= 15 is 0 Å². The second kappa shape index (κ2) is 50.7. The van der Waals surface area contributed by atoms with Gasteiger partial charge in [0, 0.05) is 12.8 Å². The summed E-state index contributed by atoms with van der Waals surface area (Å²) in [7, 11) is 0. The highest BCUT2D eigenvalue weighted by Gasteiger charge is 2.16. The van der Waals surface area contributed by atoms with E-state index in [0.29, 0.717) is 12.8 Å². The largest absolute Gasteiger partial charge is 0.462 e. The molecule has 0 rings (SSSR count). The number of rotatable bonds is 49. The van der Waals surface area contributed by atoms with Crippen LogP contribution < -0.4 is 0 Å². The van der Waals surface area contributed by atoms with Gasteiger partial charge >= 0.3 is 11.9 Å². The zero-order valence-corrected chi connectivity index (χ0v) is 39.8. The van der Waals surface area contributed by atoms with Gasteiger partial charge in [-0.1, -0.05) is 256 Å². The Morgan fingerprint density at radius 1 is 0.390 bits per heavy atom. The first kappa shape index (κ1) is 57.4. The van der Waals surface area contributed by atoms with Gasteiger partial charge in [-0.15, -0.1) is 0 Å². The van der Waals surface area contributed by atoms with Crippen LogP contribution in [0.4, 0.5) is 0 Å². The fourth-order valence-corrected chi connectivity index (χ4v) is 8.00. The molecule has 5 nitrogen and oxygen atoms in total. The standard InChI is InChI=1S/C54H102O5/c1-3-5-7-9-11-13-15-17-19-21-23-24-25-26-27-28-29-30-31-33-34-36-38-40-42-44-46-48-53(56)58-51-52(50-55)59-54(57)49-47-45-43-41-39-37-35-32-22-20-18-16-14-12-10-8-6-4-2/h14,16,20,22,52,55H,3-13,15,17-19,21,23-51H2,1-2H3/b16-14-,22-20-. The number of unbranched alkanes of at least 4 members (excludes halogenated alkanes) is 37. The molecule has 0 saturated carbocycles. The fourth-order valence-electron chi connectivity index (χ4n) is 8.00. The van der Waals surface area contributed by atoms with Gasteiger partial charge in [-0.2, -0.15) is 0 Å². The van der Waals surface area contributed by atoms with Crippen LogP contribution in [0.3, 0.4) is 0 Å². The summed E-state index contributed by atoms with van der Waals surface area (Å²) in [5.41, 5.74) is 0. The van der Waals surface area contributed by atoms with E-state index < -0.39 is 6.10 Å². The summed E-state index contributed by atoms with van der Waals surface area (Å²) < 4.78 is 10.7. The second-order valence-corrected chi connectivity index (χ2v) is 18.0. The van der Waals surface area contributed by atoms with E-state index in [0.717, 1.165) is 44.9 Å². The van der Waals surface area contributed by atoms with Crippen LogP contribution in [0.5, 0.6) is 0 Å². The van der Waals surface area contributed by atoms with Gasteiger partial charge < -0.3 is 14.6 Å². The Kier molecular flexibility index (Phi) is 49.3. The Morgan fingerprint density at radius 2 is 0.678 bits per heavy atom. The van der Waals surface area contributed by atoms with E-state index in [-0.39, 0.29) is 25.2 Å². The first-order valence-corrected chi connectivity index (χ1v) is 26.4. The van der Waals surface area contributed by atoms with Crippen LogP contribution in [0.25, 0.3) is 0 Å². The summed E-state index contributed by atoms with van der Waals surface area (Å²) in [6.45, 7) is 4.16. The van der Waals surface area contributed by atoms with Crippen molar-refractivity contribution in [1.29, 1.82) is 0 Å². The first-order chi connectivity index (χ1) is 29.1. The molecule has 0 radical (unpaired) electrons. The highest BCUT2D eigenvalue weighted by atomic mass is 16.6. The van der Waals surface area contributed by atoms with Crippen LogP contribution in [-0.4, -0.2) is 36.4 Å². The first-order valence-electron chi connectivity index (χ1n) is 26.4. The van der Waals surface area contributed by atoms with Crippen molar-refractivity contribution < 1.29 is 24.2 Å². The Morgan fingerprint density at radius 3 is 1.02 bits per heavy atom. The molecular formula is C54H102O5. The summed E-state index contributed by atoms with van der Waals surface area (Å²) >= 11 is 0. The molecule has 0 heterocycles. The molecule has 0 aromatic carbocycles. The number of hydrogen-bond donors (Lipinski definition) is 1. The SMILES string of the molecule is CCCCCC/C=C\C/C=C\CCCCCCCCCC(=O)OC(CO)COC(=O)CCCCCCCCCCCCCCCCCCCCCCCCCCCCC. The van der Waals surface area contributed by atoms with Crippen LogP contribution in [0, 0.1) is 0 Å². The molecule has 59 heavy (non-hydrogen) atoms. The van der Waals surface area contributed by atoms with Crippen LogP contribution in [0.15, 0.2) is 24.3 Å². The second-order valence-electron chi connectivity index (χ2n) is 18.0. The number of hydrogen-bond acceptors (Lipinski definition) is 5. The lowest BCUT2D eigenvalue weighted by Crippen LogP contribution is -2.28. The number of esters is 2. The summed E-state index contributed by atoms with van der Waals surface area (Å²) in [6.07, 6.45) is 62.8. The van der Waals surface area contributed by atoms with E-state index in [9.17, 15) is 14.7 Å². The maximum Gasteiger partial charge on any atom is 0.306 e. The number of aliphatic hydroxyl groups excluding tert-OH is 1. The van der Waals surface area contributed by atoms with Gasteiger partial charge in [0.2, 0.25) is 0 Å². The van der Waals surface area contributed by atoms with Crippen molar-refractivity contribution >= 4 is 11.9 Å². The smallest absolute Gasteiger partial charge is 0.306 e. The van der Waals surface area contributed by atoms with Crippen molar-refractivity contribution in [2.75, 3.05) is 13.2 Å². The molecule has 0 saturated heterocycles. The molecule has 0 aliphatic heterocycles. The number of carbonyl (C=O) groups is 2. The van der Waals surface area contributed by atoms with Gasteiger partial charge in [0.15, 0.2) is 6.10 Å². The van der Waals surface area contributed by atoms with Crippen LogP contribution in [-0.2, 0) is 19.1 Å². The summed E-state index contributed by atoms with van der Waals surface area (Å²) in [5.74, 6) is -0.584. The zero-order chi connectivity index (χ0) is 42.8. The van der Waals surface area contributed by atoms with Gasteiger partial charge in [-0.05, 0) is 44.9 Å². The zero-order valence-electron chi connectivity index (χ0n) is 39.8. The third-order valence-electron chi connectivity index (χ3n) is 12.0. The Hall–Kier alpha value is -1.62. The Bertz CT molecular complexity index is 897. The highest BCUT2D eigenvalue weighted by Crippen LogP contribution is 2.17. The average Bonchev–Trinajstić information content (AvgIpc) is 3.24. The molecule has 0 amide bonds. The molecule has 348 valence electrons. The Balaban J connectivity index is 3.43. The maximum atomic E-state index is 12.2. The third-order valence-corrected chi connectivity index (χ3v) is 12.0. The summed E-state index contributed by atoms with van der Waals surface area (Å²) in [6, 6.07) is 0. The monoisotopic (exact) mass is 831 g/mol. The van der Waals surface area contributed by atoms with Crippen molar-refractivity contribution in [3.63, 3.8) is 0 Å². The molecule has 0 aliphatic rings. The molecule has 0 fully saturated rings. The highest BCUT2D eigenvalue weighted by molar-refractivity contribution is 5.70. The minimum absolute atomic E-state index is 0.0639. The minimum atomic E-state index is -0.772. The lowest BCUT2D eigenvalue weighted by molar-refractivity contribution is -0.161. The summed E-state index contributed by atoms with van der Waals surface area (Å²) in [5, 5.41) is 9.62. The topological polar surface area (TPSA) is 72.8 Å². The number of aliphatic hydroxyl groups is 1. The predicted octanol–water partition coefficient (Wildman–Crippen LogP) is 17.4. The minimum Gasteiger partial charge on any atom is -0.462 e. The molecule has 0 aliphatic carbocycles. The molecule has 0 spiro atoms. The molecular weight excluding hydrogens is 729 g/mol. The van der Waals surface area contributed by atoms with Crippen LogP contribution in [0.1, 0.15) is 290 Å². The van der Waals surface area contributed by atoms with Gasteiger partial charge in [0.25, 0.3) is 0 Å². The van der Waals surface area contributed by atoms with E-state index in [1.165, 1.54) is 218 Å². The fraction of sp³-hybridized carbons (Fsp3) is 0.889. The number of allylic oxidation sites excluding steroid dienone is 4. The van der Waals surface area contributed by atoms with E-state index in [4.69, 9.17) is 9.47 Å². The lowest BCUT2D eigenvalue weighted by Gasteiger charge is -2.15. The normalized spacial score (nSPS) is 12.3. The number of ether oxygens (including phenoxy) is 2.